The van der Waals surface area contributed by atoms with E-state index in [0.29, 0.717) is 5.56 Å². The molecule has 4 nitrogen and oxygen atoms in total. The highest BCUT2D eigenvalue weighted by Gasteiger charge is 2.30. The van der Waals surface area contributed by atoms with Crippen LogP contribution in [-0.2, 0) is 33.3 Å². The summed E-state index contributed by atoms with van der Waals surface area (Å²) in [5.41, 5.74) is 0.513. The van der Waals surface area contributed by atoms with Gasteiger partial charge in [0.05, 0.1) is 19.1 Å². The molecule has 0 radical (unpaired) electrons. The topological polar surface area (TPSA) is 55.4 Å². The first-order valence-electron chi connectivity index (χ1n) is 7.97. The number of esters is 1. The van der Waals surface area contributed by atoms with Gasteiger partial charge in [-0.25, -0.2) is 4.79 Å². The zero-order chi connectivity index (χ0) is 20.0. The molecule has 2 rings (SSSR count). The monoisotopic (exact) mass is 491 g/mol. The minimum Gasteiger partial charge on any atom is -0.467 e. The Hall–Kier alpha value is -2.10. The van der Waals surface area contributed by atoms with Crippen molar-refractivity contribution in [1.29, 1.82) is 0 Å². The van der Waals surface area contributed by atoms with Crippen LogP contribution in [0.1, 0.15) is 16.7 Å². The number of nitrogens with one attached hydrogen (secondary N) is 1. The van der Waals surface area contributed by atoms with Crippen molar-refractivity contribution < 1.29 is 27.5 Å². The lowest BCUT2D eigenvalue weighted by Gasteiger charge is -2.17. The van der Waals surface area contributed by atoms with E-state index in [9.17, 15) is 22.8 Å². The Morgan fingerprint density at radius 2 is 1.74 bits per heavy atom. The molecule has 0 unspecified atom stereocenters. The molecule has 0 saturated heterocycles. The fraction of sp³-hybridized carbons (Fsp3) is 0.263. The maximum Gasteiger partial charge on any atom is 0.416 e. The minimum atomic E-state index is -4.43. The van der Waals surface area contributed by atoms with Gasteiger partial charge in [-0.3, -0.25) is 4.79 Å². The second-order valence-corrected chi connectivity index (χ2v) is 6.97. The number of alkyl halides is 3. The molecule has 1 N–H and O–H groups in total. The summed E-state index contributed by atoms with van der Waals surface area (Å²) in [7, 11) is 1.23. The predicted molar refractivity (Wildman–Crippen MR) is 102 cm³/mol. The fourth-order valence-corrected chi connectivity index (χ4v) is 3.07. The SMILES string of the molecule is COC(=O)[C@@H](Cc1ccccc1I)NC(=O)Cc1ccc(C(F)(F)F)cc1. The number of hydrogen-bond acceptors (Lipinski definition) is 3. The highest BCUT2D eigenvalue weighted by Crippen LogP contribution is 2.29. The number of amides is 1. The van der Waals surface area contributed by atoms with Crippen LogP contribution in [0.4, 0.5) is 13.2 Å². The van der Waals surface area contributed by atoms with E-state index in [0.717, 1.165) is 21.3 Å². The van der Waals surface area contributed by atoms with Crippen molar-refractivity contribution >= 4 is 34.5 Å². The largest absolute Gasteiger partial charge is 0.467 e. The molecule has 0 fully saturated rings. The second kappa shape index (κ2) is 9.20. The minimum absolute atomic E-state index is 0.141. The lowest BCUT2D eigenvalue weighted by Crippen LogP contribution is -2.43. The molecule has 1 atom stereocenters. The van der Waals surface area contributed by atoms with Crippen molar-refractivity contribution in [3.8, 4) is 0 Å². The summed E-state index contributed by atoms with van der Waals surface area (Å²) < 4.78 is 43.5. The van der Waals surface area contributed by atoms with Gasteiger partial charge < -0.3 is 10.1 Å². The zero-order valence-corrected chi connectivity index (χ0v) is 16.5. The van der Waals surface area contributed by atoms with Crippen LogP contribution in [0, 0.1) is 3.57 Å². The Balaban J connectivity index is 2.05. The molecule has 2 aromatic carbocycles. The van der Waals surface area contributed by atoms with Crippen LogP contribution in [0.3, 0.4) is 0 Å². The lowest BCUT2D eigenvalue weighted by molar-refractivity contribution is -0.145. The van der Waals surface area contributed by atoms with Gasteiger partial charge in [-0.05, 0) is 51.9 Å². The average molecular weight is 491 g/mol. The molecular weight excluding hydrogens is 474 g/mol. The van der Waals surface area contributed by atoms with E-state index in [-0.39, 0.29) is 12.8 Å². The smallest absolute Gasteiger partial charge is 0.416 e. The highest BCUT2D eigenvalue weighted by molar-refractivity contribution is 14.1. The molecule has 0 aliphatic rings. The predicted octanol–water partition coefficient (Wildman–Crippen LogP) is 3.75. The number of hydrogen-bond donors (Lipinski definition) is 1. The van der Waals surface area contributed by atoms with E-state index >= 15 is 0 Å². The van der Waals surface area contributed by atoms with Crippen molar-refractivity contribution in [2.24, 2.45) is 0 Å². The van der Waals surface area contributed by atoms with Crippen molar-refractivity contribution in [3.63, 3.8) is 0 Å². The third-order valence-corrected chi connectivity index (χ3v) is 4.90. The normalized spacial score (nSPS) is 12.3. The lowest BCUT2D eigenvalue weighted by atomic mass is 10.0. The number of carbonyl (C=O) groups excluding carboxylic acids is 2. The quantitative estimate of drug-likeness (QED) is 0.495. The van der Waals surface area contributed by atoms with E-state index in [1.165, 1.54) is 19.2 Å². The molecule has 0 saturated carbocycles. The fourth-order valence-electron chi connectivity index (χ4n) is 2.46. The summed E-state index contributed by atoms with van der Waals surface area (Å²) in [5.74, 6) is -1.06. The number of carbonyl (C=O) groups is 2. The van der Waals surface area contributed by atoms with Crippen LogP contribution in [0.15, 0.2) is 48.5 Å². The molecule has 8 heteroatoms. The van der Waals surface area contributed by atoms with E-state index in [1.807, 2.05) is 24.3 Å². The third kappa shape index (κ3) is 6.23. The molecule has 27 heavy (non-hydrogen) atoms. The van der Waals surface area contributed by atoms with Crippen LogP contribution in [0.5, 0.6) is 0 Å². The Labute approximate surface area is 168 Å². The van der Waals surface area contributed by atoms with Gasteiger partial charge >= 0.3 is 12.1 Å². The molecule has 0 aliphatic carbocycles. The molecule has 0 aliphatic heterocycles. The van der Waals surface area contributed by atoms with Crippen LogP contribution in [0.25, 0.3) is 0 Å². The third-order valence-electron chi connectivity index (χ3n) is 3.85. The highest BCUT2D eigenvalue weighted by atomic mass is 127. The van der Waals surface area contributed by atoms with E-state index in [1.54, 1.807) is 0 Å². The maximum atomic E-state index is 12.6. The van der Waals surface area contributed by atoms with Gasteiger partial charge in [0.15, 0.2) is 0 Å². The molecular formula is C19H17F3INO3. The number of benzene rings is 2. The van der Waals surface area contributed by atoms with Crippen LogP contribution < -0.4 is 5.32 Å². The first kappa shape index (κ1) is 21.2. The molecule has 2 aromatic rings. The van der Waals surface area contributed by atoms with Crippen molar-refractivity contribution in [2.75, 3.05) is 7.11 Å². The number of rotatable bonds is 6. The zero-order valence-electron chi connectivity index (χ0n) is 14.3. The van der Waals surface area contributed by atoms with Gasteiger partial charge in [-0.2, -0.15) is 13.2 Å². The van der Waals surface area contributed by atoms with Gasteiger partial charge in [-0.1, -0.05) is 30.3 Å². The number of ether oxygens (including phenoxy) is 1. The molecule has 0 aromatic heterocycles. The Morgan fingerprint density at radius 1 is 1.11 bits per heavy atom. The first-order valence-corrected chi connectivity index (χ1v) is 9.05. The van der Waals surface area contributed by atoms with Gasteiger partial charge in [-0.15, -0.1) is 0 Å². The van der Waals surface area contributed by atoms with Crippen LogP contribution >= 0.6 is 22.6 Å². The van der Waals surface area contributed by atoms with Crippen molar-refractivity contribution in [3.05, 3.63) is 68.8 Å². The Kier molecular flexibility index (Phi) is 7.23. The van der Waals surface area contributed by atoms with Crippen LogP contribution in [-0.4, -0.2) is 25.0 Å². The van der Waals surface area contributed by atoms with Gasteiger partial charge in [0, 0.05) is 9.99 Å². The van der Waals surface area contributed by atoms with Gasteiger partial charge in [0.2, 0.25) is 5.91 Å². The summed E-state index contributed by atoms with van der Waals surface area (Å²) in [6, 6.07) is 10.9. The molecule has 1 amide bonds. The maximum absolute atomic E-state index is 12.6. The average Bonchev–Trinajstić information content (AvgIpc) is 2.62. The van der Waals surface area contributed by atoms with Crippen molar-refractivity contribution in [1.82, 2.24) is 5.32 Å². The molecule has 144 valence electrons. The summed E-state index contributed by atoms with van der Waals surface area (Å²) in [6.45, 7) is 0. The summed E-state index contributed by atoms with van der Waals surface area (Å²) in [6.07, 6.45) is -4.31. The molecule has 0 spiro atoms. The standard InChI is InChI=1S/C19H17F3INO3/c1-27-18(26)16(11-13-4-2-3-5-15(13)23)24-17(25)10-12-6-8-14(9-7-12)19(20,21)22/h2-9,16H,10-11H2,1H3,(H,24,25)/t16-/m1/s1. The second-order valence-electron chi connectivity index (χ2n) is 5.81. The van der Waals surface area contributed by atoms with E-state index in [2.05, 4.69) is 27.9 Å². The Bertz CT molecular complexity index is 807. The number of halogens is 4. The Morgan fingerprint density at radius 3 is 2.30 bits per heavy atom. The van der Waals surface area contributed by atoms with E-state index < -0.39 is 29.7 Å². The van der Waals surface area contributed by atoms with Gasteiger partial charge in [0.25, 0.3) is 0 Å². The molecule has 0 bridgehead atoms. The van der Waals surface area contributed by atoms with Gasteiger partial charge in [0.1, 0.15) is 6.04 Å². The summed E-state index contributed by atoms with van der Waals surface area (Å²) in [4.78, 5) is 24.3. The van der Waals surface area contributed by atoms with Crippen molar-refractivity contribution in [2.45, 2.75) is 25.1 Å². The molecule has 0 heterocycles. The first-order chi connectivity index (χ1) is 12.7. The van der Waals surface area contributed by atoms with Crippen LogP contribution in [0.2, 0.25) is 0 Å². The number of methoxy groups -OCH3 is 1. The summed E-state index contributed by atoms with van der Waals surface area (Å²) in [5, 5.41) is 2.60. The summed E-state index contributed by atoms with van der Waals surface area (Å²) >= 11 is 2.13. The van der Waals surface area contributed by atoms with E-state index in [4.69, 9.17) is 4.74 Å².